The van der Waals surface area contributed by atoms with E-state index in [-0.39, 0.29) is 9.77 Å². The number of hydrogen-bond acceptors (Lipinski definition) is 6. The Morgan fingerprint density at radius 1 is 1.10 bits per heavy atom. The number of thiophene rings is 1. The molecule has 30 heavy (non-hydrogen) atoms. The lowest BCUT2D eigenvalue weighted by atomic mass is 10.0. The second kappa shape index (κ2) is 8.58. The van der Waals surface area contributed by atoms with Crippen LogP contribution in [0.5, 0.6) is 0 Å². The van der Waals surface area contributed by atoms with Gasteiger partial charge in [-0.15, -0.1) is 22.7 Å². The van der Waals surface area contributed by atoms with Crippen molar-refractivity contribution < 1.29 is 13.2 Å². The molecule has 1 fully saturated rings. The number of sulfonamides is 1. The van der Waals surface area contributed by atoms with Crippen molar-refractivity contribution in [2.24, 2.45) is 0 Å². The first-order valence-corrected chi connectivity index (χ1v) is 13.0. The van der Waals surface area contributed by atoms with E-state index in [9.17, 15) is 13.2 Å². The van der Waals surface area contributed by atoms with Crippen LogP contribution < -0.4 is 5.32 Å². The van der Waals surface area contributed by atoms with Crippen molar-refractivity contribution in [2.75, 3.05) is 18.4 Å². The van der Waals surface area contributed by atoms with E-state index in [4.69, 9.17) is 0 Å². The number of rotatable bonds is 5. The number of nitrogens with one attached hydrogen (secondary N) is 1. The van der Waals surface area contributed by atoms with E-state index in [1.165, 1.54) is 27.3 Å². The standard InChI is InChI=1S/C21H23N3O3S3/c1-14-6-7-16(15(2)12-14)17-13-29-21(22-17)23-20(25)19-18(8-11-28-19)30(26,27)24-9-4-3-5-10-24/h6-8,11-13H,3-5,9-10H2,1-2H3,(H,22,23,25). The van der Waals surface area contributed by atoms with Gasteiger partial charge in [0.15, 0.2) is 5.13 Å². The lowest BCUT2D eigenvalue weighted by Gasteiger charge is -2.25. The highest BCUT2D eigenvalue weighted by molar-refractivity contribution is 7.89. The molecule has 1 aliphatic heterocycles. The molecule has 6 nitrogen and oxygen atoms in total. The number of amides is 1. The summed E-state index contributed by atoms with van der Waals surface area (Å²) in [5, 5.41) is 6.77. The summed E-state index contributed by atoms with van der Waals surface area (Å²) in [6.07, 6.45) is 2.74. The first-order valence-electron chi connectivity index (χ1n) is 9.78. The highest BCUT2D eigenvalue weighted by Gasteiger charge is 2.31. The molecule has 3 aromatic rings. The Labute approximate surface area is 184 Å². The van der Waals surface area contributed by atoms with Crippen molar-refractivity contribution in [3.63, 3.8) is 0 Å². The second-order valence-corrected chi connectivity index (χ2v) is 11.1. The Kier molecular flexibility index (Phi) is 6.06. The topological polar surface area (TPSA) is 79.4 Å². The molecule has 0 saturated carbocycles. The van der Waals surface area contributed by atoms with Crippen LogP contribution in [0.25, 0.3) is 11.3 Å². The van der Waals surface area contributed by atoms with Crippen LogP contribution in [-0.4, -0.2) is 36.7 Å². The van der Waals surface area contributed by atoms with Crippen molar-refractivity contribution >= 4 is 43.7 Å². The average molecular weight is 462 g/mol. The number of aryl methyl sites for hydroxylation is 2. The molecule has 0 bridgehead atoms. The molecule has 1 N–H and O–H groups in total. The van der Waals surface area contributed by atoms with Crippen LogP contribution in [0.15, 0.2) is 39.9 Å². The fourth-order valence-electron chi connectivity index (χ4n) is 3.62. The number of benzene rings is 1. The summed E-state index contributed by atoms with van der Waals surface area (Å²) in [6.45, 7) is 5.08. The largest absolute Gasteiger partial charge is 0.297 e. The number of hydrogen-bond donors (Lipinski definition) is 1. The Bertz CT molecular complexity index is 1180. The maximum atomic E-state index is 13.0. The number of aromatic nitrogens is 1. The van der Waals surface area contributed by atoms with Gasteiger partial charge in [-0.25, -0.2) is 13.4 Å². The summed E-state index contributed by atoms with van der Waals surface area (Å²) < 4.78 is 27.5. The Balaban J connectivity index is 1.55. The molecule has 1 amide bonds. The van der Waals surface area contributed by atoms with Gasteiger partial charge in [-0.2, -0.15) is 4.31 Å². The lowest BCUT2D eigenvalue weighted by molar-refractivity contribution is 0.102. The van der Waals surface area contributed by atoms with E-state index in [0.717, 1.165) is 47.4 Å². The van der Waals surface area contributed by atoms with E-state index in [2.05, 4.69) is 16.4 Å². The van der Waals surface area contributed by atoms with Crippen LogP contribution in [0.4, 0.5) is 5.13 Å². The third-order valence-corrected chi connectivity index (χ3v) is 8.89. The minimum Gasteiger partial charge on any atom is -0.297 e. The molecule has 0 atom stereocenters. The van der Waals surface area contributed by atoms with E-state index in [0.29, 0.717) is 18.2 Å². The lowest BCUT2D eigenvalue weighted by Crippen LogP contribution is -2.36. The molecule has 9 heteroatoms. The number of carbonyl (C=O) groups excluding carboxylic acids is 1. The molecule has 0 unspecified atom stereocenters. The molecule has 1 aliphatic rings. The average Bonchev–Trinajstić information content (AvgIpc) is 3.39. The molecule has 0 radical (unpaired) electrons. The SMILES string of the molecule is Cc1ccc(-c2csc(NC(=O)c3sccc3S(=O)(=O)N3CCCCC3)n2)c(C)c1. The summed E-state index contributed by atoms with van der Waals surface area (Å²) >= 11 is 2.46. The fourth-order valence-corrected chi connectivity index (χ4v) is 7.14. The van der Waals surface area contributed by atoms with Crippen molar-refractivity contribution in [1.29, 1.82) is 0 Å². The molecular formula is C21H23N3O3S3. The zero-order valence-electron chi connectivity index (χ0n) is 16.8. The van der Waals surface area contributed by atoms with Crippen LogP contribution in [-0.2, 0) is 10.0 Å². The quantitative estimate of drug-likeness (QED) is 0.585. The maximum absolute atomic E-state index is 13.0. The highest BCUT2D eigenvalue weighted by atomic mass is 32.2. The summed E-state index contributed by atoms with van der Waals surface area (Å²) in [5.41, 5.74) is 4.11. The Hall–Kier alpha value is -2.07. The van der Waals surface area contributed by atoms with Crippen LogP contribution in [0.2, 0.25) is 0 Å². The summed E-state index contributed by atoms with van der Waals surface area (Å²) in [5.74, 6) is -0.442. The van der Waals surface area contributed by atoms with Gasteiger partial charge in [0.1, 0.15) is 9.77 Å². The van der Waals surface area contributed by atoms with Gasteiger partial charge in [0.2, 0.25) is 10.0 Å². The third-order valence-electron chi connectivity index (χ3n) is 5.15. The van der Waals surface area contributed by atoms with Gasteiger partial charge in [-0.05, 0) is 43.7 Å². The van der Waals surface area contributed by atoms with Gasteiger partial charge in [0.25, 0.3) is 5.91 Å². The highest BCUT2D eigenvalue weighted by Crippen LogP contribution is 2.31. The van der Waals surface area contributed by atoms with E-state index in [1.807, 2.05) is 31.4 Å². The monoisotopic (exact) mass is 461 g/mol. The molecule has 3 heterocycles. The minimum absolute atomic E-state index is 0.0815. The normalized spacial score (nSPS) is 15.3. The number of anilines is 1. The molecule has 4 rings (SSSR count). The van der Waals surface area contributed by atoms with E-state index in [1.54, 1.807) is 5.38 Å². The predicted octanol–water partition coefficient (Wildman–Crippen LogP) is 4.92. The zero-order chi connectivity index (χ0) is 21.3. The van der Waals surface area contributed by atoms with Gasteiger partial charge in [0, 0.05) is 24.0 Å². The Morgan fingerprint density at radius 3 is 2.60 bits per heavy atom. The fraction of sp³-hybridized carbons (Fsp3) is 0.333. The minimum atomic E-state index is -3.67. The number of carbonyl (C=O) groups is 1. The molecule has 1 saturated heterocycles. The molecular weight excluding hydrogens is 438 g/mol. The van der Waals surface area contributed by atoms with Crippen LogP contribution in [0.1, 0.15) is 40.1 Å². The number of thiazole rings is 1. The predicted molar refractivity (Wildman–Crippen MR) is 122 cm³/mol. The molecule has 0 spiro atoms. The van der Waals surface area contributed by atoms with Crippen LogP contribution >= 0.6 is 22.7 Å². The van der Waals surface area contributed by atoms with Crippen molar-refractivity contribution in [3.8, 4) is 11.3 Å². The molecule has 158 valence electrons. The van der Waals surface area contributed by atoms with Crippen molar-refractivity contribution in [1.82, 2.24) is 9.29 Å². The van der Waals surface area contributed by atoms with Gasteiger partial charge < -0.3 is 0 Å². The van der Waals surface area contributed by atoms with Gasteiger partial charge in [0.05, 0.1) is 5.69 Å². The van der Waals surface area contributed by atoms with Crippen LogP contribution in [0, 0.1) is 13.8 Å². The van der Waals surface area contributed by atoms with Crippen molar-refractivity contribution in [3.05, 3.63) is 51.0 Å². The first-order chi connectivity index (χ1) is 14.4. The van der Waals surface area contributed by atoms with E-state index >= 15 is 0 Å². The smallest absolute Gasteiger partial charge is 0.268 e. The van der Waals surface area contributed by atoms with Gasteiger partial charge in [-0.1, -0.05) is 30.2 Å². The van der Waals surface area contributed by atoms with Gasteiger partial charge >= 0.3 is 0 Å². The summed E-state index contributed by atoms with van der Waals surface area (Å²) in [7, 11) is -3.67. The van der Waals surface area contributed by atoms with E-state index < -0.39 is 15.9 Å². The van der Waals surface area contributed by atoms with Crippen LogP contribution in [0.3, 0.4) is 0 Å². The first kappa shape index (κ1) is 21.2. The molecule has 0 aliphatic carbocycles. The second-order valence-electron chi connectivity index (χ2n) is 7.39. The Morgan fingerprint density at radius 2 is 1.87 bits per heavy atom. The van der Waals surface area contributed by atoms with Crippen molar-refractivity contribution in [2.45, 2.75) is 38.0 Å². The molecule has 1 aromatic carbocycles. The molecule has 2 aromatic heterocycles. The number of piperidine rings is 1. The number of nitrogens with zero attached hydrogens (tertiary/aromatic N) is 2. The summed E-state index contributed by atoms with van der Waals surface area (Å²) in [6, 6.07) is 7.67. The zero-order valence-corrected chi connectivity index (χ0v) is 19.3. The van der Waals surface area contributed by atoms with Gasteiger partial charge in [-0.3, -0.25) is 10.1 Å². The maximum Gasteiger partial charge on any atom is 0.268 e. The summed E-state index contributed by atoms with van der Waals surface area (Å²) in [4.78, 5) is 17.7. The third kappa shape index (κ3) is 4.20.